The van der Waals surface area contributed by atoms with Crippen molar-refractivity contribution in [3.8, 4) is 34.1 Å². The first-order chi connectivity index (χ1) is 46.5. The summed E-state index contributed by atoms with van der Waals surface area (Å²) in [6.45, 7) is 10.8. The molecule has 0 saturated carbocycles. The first-order valence-electron chi connectivity index (χ1n) is 31.1. The van der Waals surface area contributed by atoms with E-state index in [1.165, 1.54) is 14.7 Å². The van der Waals surface area contributed by atoms with Gasteiger partial charge in [0.15, 0.2) is 0 Å². The highest BCUT2D eigenvalue weighted by molar-refractivity contribution is 9.11. The zero-order chi connectivity index (χ0) is 72.8. The number of carbonyl (C=O) groups excluding carboxylic acids is 3. The highest BCUT2D eigenvalue weighted by atomic mass is 79.9. The minimum absolute atomic E-state index is 0.0219. The second-order valence-electron chi connectivity index (χ2n) is 22.9. The largest absolute Gasteiger partial charge is 0.496 e. The van der Waals surface area contributed by atoms with Gasteiger partial charge in [-0.1, -0.05) is 0 Å². The lowest BCUT2D eigenvalue weighted by atomic mass is 9.79. The number of ether oxygens (including phenoxy) is 7. The maximum absolute atomic E-state index is 12.9. The molecular formula is C67H87BBr3ClN10O16. The van der Waals surface area contributed by atoms with E-state index in [9.17, 15) is 43.6 Å². The molecule has 2 aromatic carbocycles. The SMILES string of the molecule is CCOC(=O)Cl.CCOC(=O)N1CCc2c(-c3cc(OC)c(CN(C)C)c(OC)c3)cn(C)c(=O)c2C1.CCOC(=O)N1CCc2c(Br)cn(C)c(=O)c2C1.COc1cc(B(O)O)cc(OC)c1CN(C)C.Cn1cc(Br)c2c(c1=O)CNCC2.Cn1cc(Br)c2ccncc2c1=O. The second-order valence-corrected chi connectivity index (χ2v) is 25.8. The Bertz CT molecular complexity index is 4140. The lowest BCUT2D eigenvalue weighted by Crippen LogP contribution is -2.40. The van der Waals surface area contributed by atoms with Gasteiger partial charge in [-0.05, 0) is 181 Å². The molecule has 0 spiro atoms. The Morgan fingerprint density at radius 1 is 0.571 bits per heavy atom. The van der Waals surface area contributed by atoms with Crippen molar-refractivity contribution in [2.45, 2.75) is 72.8 Å². The highest BCUT2D eigenvalue weighted by Crippen LogP contribution is 2.38. The fourth-order valence-corrected chi connectivity index (χ4v) is 13.1. The summed E-state index contributed by atoms with van der Waals surface area (Å²) in [5, 5.41) is 23.1. The van der Waals surface area contributed by atoms with E-state index in [4.69, 9.17) is 40.0 Å². The van der Waals surface area contributed by atoms with Crippen molar-refractivity contribution in [3.63, 3.8) is 0 Å². The van der Waals surface area contributed by atoms with Crippen LogP contribution in [0.15, 0.2) is 100 Å². The van der Waals surface area contributed by atoms with Gasteiger partial charge in [-0.15, -0.1) is 0 Å². The van der Waals surface area contributed by atoms with Crippen molar-refractivity contribution in [2.24, 2.45) is 28.2 Å². The summed E-state index contributed by atoms with van der Waals surface area (Å²) in [6, 6.07) is 9.00. The number of halogens is 4. The van der Waals surface area contributed by atoms with Crippen LogP contribution in [0.5, 0.6) is 23.0 Å². The van der Waals surface area contributed by atoms with Crippen molar-refractivity contribution in [3.05, 3.63) is 167 Å². The first kappa shape index (κ1) is 81.1. The van der Waals surface area contributed by atoms with Crippen molar-refractivity contribution in [2.75, 3.05) is 96.1 Å². The quantitative estimate of drug-likeness (QED) is 0.0568. The summed E-state index contributed by atoms with van der Waals surface area (Å²) in [6.07, 6.45) is 11.9. The van der Waals surface area contributed by atoms with Crippen LogP contribution in [0.1, 0.15) is 65.3 Å². The average Bonchev–Trinajstić information content (AvgIpc) is 0.765. The Morgan fingerprint density at radius 3 is 1.43 bits per heavy atom. The van der Waals surface area contributed by atoms with Gasteiger partial charge in [0.05, 0.1) is 77.9 Å². The number of benzene rings is 2. The van der Waals surface area contributed by atoms with E-state index in [-0.39, 0.29) is 34.9 Å². The summed E-state index contributed by atoms with van der Waals surface area (Å²) in [5.41, 5.74) is 8.56. The van der Waals surface area contributed by atoms with Crippen LogP contribution in [0.25, 0.3) is 21.9 Å². The van der Waals surface area contributed by atoms with E-state index >= 15 is 0 Å². The van der Waals surface area contributed by atoms with E-state index < -0.39 is 18.6 Å². The normalized spacial score (nSPS) is 12.6. The number of nitrogens with zero attached hydrogens (tertiary/aromatic N) is 9. The molecule has 3 N–H and O–H groups in total. The third-order valence-electron chi connectivity index (χ3n) is 15.5. The number of hydrogen-bond donors (Lipinski definition) is 3. The van der Waals surface area contributed by atoms with Gasteiger partial charge in [0.2, 0.25) is 0 Å². The van der Waals surface area contributed by atoms with Crippen LogP contribution < -0.4 is 52.0 Å². The van der Waals surface area contributed by atoms with Crippen LogP contribution in [-0.4, -0.2) is 174 Å². The maximum Gasteiger partial charge on any atom is 0.488 e. The molecule has 26 nitrogen and oxygen atoms in total. The summed E-state index contributed by atoms with van der Waals surface area (Å²) >= 11 is 15.1. The number of fused-ring (bicyclic) bond motifs is 4. The number of carbonyl (C=O) groups is 3. The minimum Gasteiger partial charge on any atom is -0.496 e. The maximum atomic E-state index is 12.9. The number of hydrogen-bond acceptors (Lipinski definition) is 20. The Hall–Kier alpha value is -7.55. The van der Waals surface area contributed by atoms with Crippen LogP contribution in [0, 0.1) is 0 Å². The first-order valence-corrected chi connectivity index (χ1v) is 33.8. The predicted octanol–water partition coefficient (Wildman–Crippen LogP) is 7.62. The molecule has 8 heterocycles. The molecule has 0 bridgehead atoms. The van der Waals surface area contributed by atoms with Crippen LogP contribution in [0.3, 0.4) is 0 Å². The standard InChI is InChI=1S/C23H31N3O5.C12H15BrN2O3.C11H18BNO4.C9H11BrN2O.C9H7BrN2O.C3H5ClO2/c1-7-31-23(28)26-9-8-16-17(13-25(4)22(27)18(16)14-26)15-10-20(29-5)19(12-24(2)3)21(11-15)30-6;1-3-18-12(17)15-5-4-8-9(6-15)11(16)14(2)7-10(8)13;1-13(2)7-9-10(16-3)5-8(12(14)15)6-11(9)17-4;2*1-12-5-8(10)6-2-3-11-4-7(6)9(12)13;1-2-6-3(4)5/h10-11,13H,7-9,12,14H2,1-6H3;7H,3-6H2,1-2H3;5-6,14-15H,7H2,1-4H3;5,11H,2-4H2,1H3;2-5H,1H3;2H2,1H3. The molecule has 0 atom stereocenters. The third-order valence-corrected chi connectivity index (χ3v) is 17.6. The van der Waals surface area contributed by atoms with Gasteiger partial charge < -0.3 is 86.4 Å². The van der Waals surface area contributed by atoms with E-state index in [2.05, 4.69) is 67.7 Å². The summed E-state index contributed by atoms with van der Waals surface area (Å²) in [4.78, 5) is 92.8. The van der Waals surface area contributed by atoms with E-state index in [1.807, 2.05) is 63.7 Å². The Morgan fingerprint density at radius 2 is 0.990 bits per heavy atom. The van der Waals surface area contributed by atoms with E-state index in [1.54, 1.807) is 133 Å². The van der Waals surface area contributed by atoms with Crippen LogP contribution >= 0.6 is 59.4 Å². The van der Waals surface area contributed by atoms with Gasteiger partial charge in [0.25, 0.3) is 22.2 Å². The fraction of sp³-hybridized carbons (Fsp3) is 0.433. The van der Waals surface area contributed by atoms with Crippen molar-refractivity contribution in [1.29, 1.82) is 0 Å². The number of amides is 2. The number of rotatable bonds is 13. The smallest absolute Gasteiger partial charge is 0.488 e. The van der Waals surface area contributed by atoms with Crippen LogP contribution in [-0.2, 0) is 94.4 Å². The van der Waals surface area contributed by atoms with Gasteiger partial charge in [0, 0.05) is 151 Å². The molecule has 3 aliphatic heterocycles. The summed E-state index contributed by atoms with van der Waals surface area (Å²) < 4.78 is 45.2. The molecule has 0 saturated heterocycles. The predicted molar refractivity (Wildman–Crippen MR) is 388 cm³/mol. The third kappa shape index (κ3) is 21.5. The molecule has 532 valence electrons. The number of aryl methyl sites for hydroxylation is 4. The fourth-order valence-electron chi connectivity index (χ4n) is 10.8. The van der Waals surface area contributed by atoms with Gasteiger partial charge in [-0.3, -0.25) is 24.2 Å². The van der Waals surface area contributed by atoms with Gasteiger partial charge in [-0.2, -0.15) is 0 Å². The van der Waals surface area contributed by atoms with Crippen molar-refractivity contribution in [1.82, 2.24) is 48.2 Å². The average molecular weight is 1570 g/mol. The summed E-state index contributed by atoms with van der Waals surface area (Å²) in [7, 11) is 19.6. The van der Waals surface area contributed by atoms with E-state index in [0.29, 0.717) is 105 Å². The molecule has 98 heavy (non-hydrogen) atoms. The molecule has 3 aliphatic rings. The Labute approximate surface area is 600 Å². The lowest BCUT2D eigenvalue weighted by molar-refractivity contribution is 0.101. The molecule has 0 unspecified atom stereocenters. The monoisotopic (exact) mass is 1570 g/mol. The second kappa shape index (κ2) is 38.7. The molecule has 10 rings (SSSR count). The lowest BCUT2D eigenvalue weighted by Gasteiger charge is -2.29. The Balaban J connectivity index is 0.000000225. The van der Waals surface area contributed by atoms with Gasteiger partial charge in [-0.25, -0.2) is 14.4 Å². The zero-order valence-corrected chi connectivity index (χ0v) is 63.5. The molecule has 0 radical (unpaired) electrons. The molecule has 7 aromatic rings. The molecule has 2 amide bonds. The zero-order valence-electron chi connectivity index (χ0n) is 58.0. The molecule has 0 aliphatic carbocycles. The molecule has 5 aromatic heterocycles. The molecule has 31 heteroatoms. The molecular weight excluding hydrogens is 1490 g/mol. The van der Waals surface area contributed by atoms with E-state index in [0.717, 1.165) is 82.2 Å². The number of aromatic nitrogens is 5. The number of pyridine rings is 5. The number of methoxy groups -OCH3 is 4. The number of nitrogens with one attached hydrogen (secondary N) is 1. The van der Waals surface area contributed by atoms with Crippen molar-refractivity contribution >= 4 is 100 Å². The van der Waals surface area contributed by atoms with Crippen molar-refractivity contribution < 1.29 is 57.6 Å². The summed E-state index contributed by atoms with van der Waals surface area (Å²) in [5.74, 6) is 2.63. The molecule has 0 fully saturated rings. The van der Waals surface area contributed by atoms with Gasteiger partial charge >= 0.3 is 24.7 Å². The minimum atomic E-state index is -1.54. The van der Waals surface area contributed by atoms with Gasteiger partial charge in [0.1, 0.15) is 23.0 Å². The highest BCUT2D eigenvalue weighted by Gasteiger charge is 2.29. The Kier molecular flexibility index (Phi) is 32.1. The van der Waals surface area contributed by atoms with Crippen LogP contribution in [0.2, 0.25) is 0 Å². The topological polar surface area (TPSA) is 282 Å². The van der Waals surface area contributed by atoms with Crippen LogP contribution in [0.4, 0.5) is 14.4 Å².